The van der Waals surface area contributed by atoms with Crippen LogP contribution < -0.4 is 5.32 Å². The van der Waals surface area contributed by atoms with Gasteiger partial charge in [0.1, 0.15) is 27.8 Å². The summed E-state index contributed by atoms with van der Waals surface area (Å²) in [6.07, 6.45) is 5.40. The molecule has 1 aliphatic carbocycles. The predicted molar refractivity (Wildman–Crippen MR) is 108 cm³/mol. The number of thiophene rings is 1. The lowest BCUT2D eigenvalue weighted by atomic mass is 9.96. The zero-order valence-corrected chi connectivity index (χ0v) is 17.4. The van der Waals surface area contributed by atoms with Crippen molar-refractivity contribution in [2.45, 2.75) is 32.2 Å². The summed E-state index contributed by atoms with van der Waals surface area (Å²) in [5.74, 6) is -0.221. The van der Waals surface area contributed by atoms with Crippen LogP contribution in [-0.4, -0.2) is 20.6 Å². The first-order valence-corrected chi connectivity index (χ1v) is 10.4. The molecule has 9 nitrogen and oxygen atoms in total. The van der Waals surface area contributed by atoms with Gasteiger partial charge in [-0.05, 0) is 64.2 Å². The van der Waals surface area contributed by atoms with Gasteiger partial charge in [0.15, 0.2) is 5.76 Å². The summed E-state index contributed by atoms with van der Waals surface area (Å²) in [5, 5.41) is 27.6. The maximum Gasteiger partial charge on any atom is 0.404 e. The number of amides is 1. The quantitative estimate of drug-likeness (QED) is 0.433. The number of nitrogens with zero attached hydrogens (tertiary/aromatic N) is 4. The summed E-state index contributed by atoms with van der Waals surface area (Å²) in [7, 11) is 0. The fourth-order valence-corrected chi connectivity index (χ4v) is 4.97. The Labute approximate surface area is 177 Å². The molecule has 0 bridgehead atoms. The lowest BCUT2D eigenvalue weighted by Gasteiger charge is -2.09. The van der Waals surface area contributed by atoms with Gasteiger partial charge >= 0.3 is 5.82 Å². The second kappa shape index (κ2) is 7.81. The molecular formula is C18H14BrN5O4S. The molecule has 0 saturated heterocycles. The number of nitro groups is 1. The Morgan fingerprint density at radius 3 is 2.97 bits per heavy atom. The van der Waals surface area contributed by atoms with Crippen molar-refractivity contribution in [1.82, 2.24) is 9.78 Å². The van der Waals surface area contributed by atoms with Gasteiger partial charge in [0.25, 0.3) is 5.91 Å². The number of aromatic nitrogens is 2. The average molecular weight is 476 g/mol. The highest BCUT2D eigenvalue weighted by atomic mass is 79.9. The van der Waals surface area contributed by atoms with Crippen molar-refractivity contribution in [1.29, 1.82) is 5.26 Å². The van der Waals surface area contributed by atoms with E-state index in [-0.39, 0.29) is 22.6 Å². The Morgan fingerprint density at radius 1 is 1.45 bits per heavy atom. The van der Waals surface area contributed by atoms with Crippen molar-refractivity contribution in [2.24, 2.45) is 0 Å². The smallest absolute Gasteiger partial charge is 0.404 e. The normalized spacial score (nSPS) is 13.0. The number of hydrogen-bond acceptors (Lipinski definition) is 7. The standard InChI is InChI=1S/C18H14BrN5O4S/c19-13-9-23(22-16(13)24(26)27)8-10-5-6-14(28-10)17(25)21-18-12(7-20)11-3-1-2-4-15(11)29-18/h5-6,9H,1-4,8H2,(H,21,25). The summed E-state index contributed by atoms with van der Waals surface area (Å²) >= 11 is 4.54. The number of aryl methyl sites for hydroxylation is 1. The summed E-state index contributed by atoms with van der Waals surface area (Å²) in [5.41, 5.74) is 1.59. The van der Waals surface area contributed by atoms with E-state index in [2.05, 4.69) is 32.4 Å². The summed E-state index contributed by atoms with van der Waals surface area (Å²) in [4.78, 5) is 24.0. The number of halogens is 1. The maximum absolute atomic E-state index is 12.6. The van der Waals surface area contributed by atoms with E-state index in [0.717, 1.165) is 36.1 Å². The summed E-state index contributed by atoms with van der Waals surface area (Å²) in [6, 6.07) is 5.35. The zero-order chi connectivity index (χ0) is 20.5. The van der Waals surface area contributed by atoms with E-state index in [1.807, 2.05) is 0 Å². The van der Waals surface area contributed by atoms with Crippen molar-refractivity contribution >= 4 is 44.0 Å². The van der Waals surface area contributed by atoms with Crippen LogP contribution in [0.1, 0.15) is 45.2 Å². The molecule has 4 rings (SSSR count). The van der Waals surface area contributed by atoms with Gasteiger partial charge in [-0.2, -0.15) is 9.94 Å². The first-order valence-electron chi connectivity index (χ1n) is 8.78. The molecule has 3 aromatic rings. The molecule has 0 aliphatic heterocycles. The molecule has 1 amide bonds. The fourth-order valence-electron chi connectivity index (χ4n) is 3.27. The van der Waals surface area contributed by atoms with Crippen molar-refractivity contribution in [3.8, 4) is 6.07 Å². The van der Waals surface area contributed by atoms with Crippen LogP contribution in [0.15, 0.2) is 27.2 Å². The largest absolute Gasteiger partial charge is 0.454 e. The highest BCUT2D eigenvalue weighted by Gasteiger charge is 2.23. The van der Waals surface area contributed by atoms with Gasteiger partial charge in [-0.3, -0.25) is 4.79 Å². The van der Waals surface area contributed by atoms with Gasteiger partial charge in [0.2, 0.25) is 0 Å². The van der Waals surface area contributed by atoms with Crippen LogP contribution >= 0.6 is 27.3 Å². The third-order valence-corrected chi connectivity index (χ3v) is 6.35. The number of fused-ring (bicyclic) bond motifs is 1. The van der Waals surface area contributed by atoms with E-state index in [1.165, 1.54) is 28.3 Å². The van der Waals surface area contributed by atoms with E-state index >= 15 is 0 Å². The molecule has 0 aromatic carbocycles. The van der Waals surface area contributed by atoms with Crippen molar-refractivity contribution in [2.75, 3.05) is 5.32 Å². The number of rotatable bonds is 5. The molecule has 0 saturated carbocycles. The summed E-state index contributed by atoms with van der Waals surface area (Å²) < 4.78 is 7.18. The molecule has 11 heteroatoms. The monoisotopic (exact) mass is 475 g/mol. The third-order valence-electron chi connectivity index (χ3n) is 4.59. The highest BCUT2D eigenvalue weighted by molar-refractivity contribution is 9.10. The Hall–Kier alpha value is -2.97. The average Bonchev–Trinajstić information content (AvgIpc) is 3.38. The first kappa shape index (κ1) is 19.4. The van der Waals surface area contributed by atoms with Crippen LogP contribution in [0.5, 0.6) is 0 Å². The lowest BCUT2D eigenvalue weighted by Crippen LogP contribution is -2.11. The number of nitriles is 1. The lowest BCUT2D eigenvalue weighted by molar-refractivity contribution is -0.390. The molecule has 0 spiro atoms. The van der Waals surface area contributed by atoms with Gasteiger partial charge in [-0.15, -0.1) is 11.3 Å². The van der Waals surface area contributed by atoms with Gasteiger partial charge in [0, 0.05) is 4.88 Å². The van der Waals surface area contributed by atoms with Crippen LogP contribution in [0.25, 0.3) is 0 Å². The second-order valence-corrected chi connectivity index (χ2v) is 8.46. The fraction of sp³-hybridized carbons (Fsp3) is 0.278. The number of furan rings is 1. The van der Waals surface area contributed by atoms with Crippen molar-refractivity contribution < 1.29 is 14.1 Å². The molecule has 3 heterocycles. The molecule has 0 atom stereocenters. The van der Waals surface area contributed by atoms with Gasteiger partial charge < -0.3 is 19.8 Å². The number of hydrogen-bond donors (Lipinski definition) is 1. The molecule has 0 fully saturated rings. The predicted octanol–water partition coefficient (Wildman–Crippen LogP) is 4.26. The number of carbonyl (C=O) groups is 1. The summed E-state index contributed by atoms with van der Waals surface area (Å²) in [6.45, 7) is 0.135. The highest BCUT2D eigenvalue weighted by Crippen LogP contribution is 2.37. The van der Waals surface area contributed by atoms with E-state index in [0.29, 0.717) is 16.3 Å². The van der Waals surface area contributed by atoms with E-state index in [4.69, 9.17) is 4.42 Å². The minimum Gasteiger partial charge on any atom is -0.454 e. The van der Waals surface area contributed by atoms with Crippen LogP contribution in [-0.2, 0) is 19.4 Å². The van der Waals surface area contributed by atoms with Crippen LogP contribution in [0.4, 0.5) is 10.8 Å². The molecule has 3 aromatic heterocycles. The Kier molecular flexibility index (Phi) is 5.21. The van der Waals surface area contributed by atoms with E-state index < -0.39 is 10.8 Å². The SMILES string of the molecule is N#Cc1c(NC(=O)c2ccc(Cn3cc(Br)c([N+](=O)[O-])n3)o2)sc2c1CCCC2. The number of anilines is 1. The Bertz CT molecular complexity index is 1160. The minimum absolute atomic E-state index is 0.0935. The van der Waals surface area contributed by atoms with Gasteiger partial charge in [0.05, 0.1) is 16.9 Å². The molecule has 29 heavy (non-hydrogen) atoms. The van der Waals surface area contributed by atoms with Gasteiger partial charge in [-0.25, -0.2) is 0 Å². The van der Waals surface area contributed by atoms with Crippen molar-refractivity contribution in [3.05, 3.63) is 60.4 Å². The van der Waals surface area contributed by atoms with Gasteiger partial charge in [-0.1, -0.05) is 0 Å². The van der Waals surface area contributed by atoms with E-state index in [1.54, 1.807) is 6.07 Å². The topological polar surface area (TPSA) is 127 Å². The minimum atomic E-state index is -0.588. The molecule has 0 unspecified atom stereocenters. The van der Waals surface area contributed by atoms with Crippen molar-refractivity contribution in [3.63, 3.8) is 0 Å². The third kappa shape index (κ3) is 3.81. The van der Waals surface area contributed by atoms with E-state index in [9.17, 15) is 20.2 Å². The number of carbonyl (C=O) groups excluding carboxylic acids is 1. The Morgan fingerprint density at radius 2 is 2.24 bits per heavy atom. The molecule has 0 radical (unpaired) electrons. The molecule has 148 valence electrons. The number of nitrogens with one attached hydrogen (secondary N) is 1. The zero-order valence-electron chi connectivity index (χ0n) is 15.0. The van der Waals surface area contributed by atoms with Crippen LogP contribution in [0.2, 0.25) is 0 Å². The second-order valence-electron chi connectivity index (χ2n) is 6.50. The molecule has 1 N–H and O–H groups in total. The van der Waals surface area contributed by atoms with Crippen LogP contribution in [0.3, 0.4) is 0 Å². The van der Waals surface area contributed by atoms with Crippen LogP contribution in [0, 0.1) is 21.4 Å². The first-order chi connectivity index (χ1) is 14.0. The molecule has 1 aliphatic rings. The maximum atomic E-state index is 12.6. The molecular weight excluding hydrogens is 462 g/mol. The Balaban J connectivity index is 1.49.